The molecule has 0 bridgehead atoms. The zero-order chi connectivity index (χ0) is 13.5. The monoisotopic (exact) mass is 255 g/mol. The van der Waals surface area contributed by atoms with E-state index in [-0.39, 0.29) is 0 Å². The van der Waals surface area contributed by atoms with E-state index in [1.165, 1.54) is 6.08 Å². The second kappa shape index (κ2) is 6.38. The normalized spacial score (nSPS) is 9.53. The Labute approximate surface area is 111 Å². The molecule has 0 atom stereocenters. The minimum atomic E-state index is 0.422. The molecule has 2 aromatic rings. The van der Waals surface area contributed by atoms with Gasteiger partial charge in [-0.2, -0.15) is 4.99 Å². The Kier molecular flexibility index (Phi) is 4.32. The molecule has 2 aromatic carbocycles. The fourth-order valence-electron chi connectivity index (χ4n) is 1.64. The number of isocyanates is 1. The number of methoxy groups -OCH3 is 1. The van der Waals surface area contributed by atoms with E-state index < -0.39 is 0 Å². The Morgan fingerprint density at radius 3 is 2.58 bits per heavy atom. The highest BCUT2D eigenvalue weighted by Gasteiger charge is 2.06. The molecule has 0 heterocycles. The second-order valence-electron chi connectivity index (χ2n) is 3.81. The van der Waals surface area contributed by atoms with Gasteiger partial charge in [-0.3, -0.25) is 0 Å². The van der Waals surface area contributed by atoms with Crippen LogP contribution in [0, 0.1) is 0 Å². The standard InChI is InChI=1S/C15H13NO3/c1-18-14-8-7-13(16-11-17)9-15(14)19-10-12-5-3-2-4-6-12/h2-9H,10H2,1H3. The van der Waals surface area contributed by atoms with Gasteiger partial charge in [0.2, 0.25) is 6.08 Å². The van der Waals surface area contributed by atoms with Crippen molar-refractivity contribution in [2.24, 2.45) is 4.99 Å². The van der Waals surface area contributed by atoms with Gasteiger partial charge in [0.15, 0.2) is 11.5 Å². The summed E-state index contributed by atoms with van der Waals surface area (Å²) in [6, 6.07) is 14.8. The topological polar surface area (TPSA) is 47.9 Å². The molecule has 96 valence electrons. The molecule has 0 aliphatic heterocycles. The highest BCUT2D eigenvalue weighted by Crippen LogP contribution is 2.31. The van der Waals surface area contributed by atoms with Crippen molar-refractivity contribution >= 4 is 11.8 Å². The summed E-state index contributed by atoms with van der Waals surface area (Å²) in [7, 11) is 1.56. The molecule has 0 aliphatic carbocycles. The summed E-state index contributed by atoms with van der Waals surface area (Å²) in [6.07, 6.45) is 1.50. The first-order valence-corrected chi connectivity index (χ1v) is 5.76. The molecule has 0 saturated heterocycles. The molecule has 0 spiro atoms. The molecule has 0 aliphatic rings. The van der Waals surface area contributed by atoms with Crippen LogP contribution < -0.4 is 9.47 Å². The number of hydrogen-bond acceptors (Lipinski definition) is 4. The van der Waals surface area contributed by atoms with Crippen LogP contribution in [-0.4, -0.2) is 13.2 Å². The smallest absolute Gasteiger partial charge is 0.240 e. The molecule has 0 aromatic heterocycles. The molecule has 19 heavy (non-hydrogen) atoms. The van der Waals surface area contributed by atoms with Crippen LogP contribution in [0.5, 0.6) is 11.5 Å². The van der Waals surface area contributed by atoms with E-state index in [2.05, 4.69) is 4.99 Å². The molecule has 0 unspecified atom stereocenters. The van der Waals surface area contributed by atoms with E-state index in [1.807, 2.05) is 30.3 Å². The van der Waals surface area contributed by atoms with Crippen LogP contribution in [0.3, 0.4) is 0 Å². The third-order valence-corrected chi connectivity index (χ3v) is 2.56. The van der Waals surface area contributed by atoms with Gasteiger partial charge < -0.3 is 9.47 Å². The molecule has 4 nitrogen and oxygen atoms in total. The summed E-state index contributed by atoms with van der Waals surface area (Å²) < 4.78 is 10.9. The van der Waals surface area contributed by atoms with E-state index in [9.17, 15) is 4.79 Å². The van der Waals surface area contributed by atoms with Gasteiger partial charge in [0.1, 0.15) is 6.61 Å². The van der Waals surface area contributed by atoms with Crippen molar-refractivity contribution in [2.75, 3.05) is 7.11 Å². The van der Waals surface area contributed by atoms with E-state index >= 15 is 0 Å². The summed E-state index contributed by atoms with van der Waals surface area (Å²) in [5, 5.41) is 0. The maximum Gasteiger partial charge on any atom is 0.240 e. The lowest BCUT2D eigenvalue weighted by molar-refractivity contribution is 0.284. The van der Waals surface area contributed by atoms with Crippen LogP contribution in [0.1, 0.15) is 5.56 Å². The predicted molar refractivity (Wildman–Crippen MR) is 71.5 cm³/mol. The highest BCUT2D eigenvalue weighted by atomic mass is 16.5. The summed E-state index contributed by atoms with van der Waals surface area (Å²) in [4.78, 5) is 13.8. The molecule has 0 radical (unpaired) electrons. The first-order chi connectivity index (χ1) is 9.33. The number of rotatable bonds is 5. The van der Waals surface area contributed by atoms with Crippen LogP contribution >= 0.6 is 0 Å². The maximum absolute atomic E-state index is 10.3. The zero-order valence-electron chi connectivity index (χ0n) is 10.5. The lowest BCUT2D eigenvalue weighted by Gasteiger charge is -2.11. The molecule has 0 amide bonds. The van der Waals surface area contributed by atoms with E-state index in [0.717, 1.165) is 5.56 Å². The Bertz CT molecular complexity index is 590. The third kappa shape index (κ3) is 3.44. The number of ether oxygens (including phenoxy) is 2. The number of carbonyl (C=O) groups excluding carboxylic acids is 1. The minimum Gasteiger partial charge on any atom is -0.493 e. The Morgan fingerprint density at radius 2 is 1.89 bits per heavy atom. The third-order valence-electron chi connectivity index (χ3n) is 2.56. The van der Waals surface area contributed by atoms with Gasteiger partial charge >= 0.3 is 0 Å². The Morgan fingerprint density at radius 1 is 1.11 bits per heavy atom. The van der Waals surface area contributed by atoms with Crippen LogP contribution in [-0.2, 0) is 11.4 Å². The van der Waals surface area contributed by atoms with Gasteiger partial charge in [-0.25, -0.2) is 4.79 Å². The first kappa shape index (κ1) is 12.9. The SMILES string of the molecule is COc1ccc(N=C=O)cc1OCc1ccccc1. The number of nitrogens with zero attached hydrogens (tertiary/aromatic N) is 1. The van der Waals surface area contributed by atoms with E-state index in [4.69, 9.17) is 9.47 Å². The van der Waals surface area contributed by atoms with Crippen molar-refractivity contribution < 1.29 is 14.3 Å². The Hall–Kier alpha value is -2.58. The van der Waals surface area contributed by atoms with Gasteiger partial charge in [0.05, 0.1) is 12.8 Å². The molecule has 2 rings (SSSR count). The predicted octanol–water partition coefficient (Wildman–Crippen LogP) is 3.24. The van der Waals surface area contributed by atoms with Crippen molar-refractivity contribution in [1.29, 1.82) is 0 Å². The maximum atomic E-state index is 10.3. The van der Waals surface area contributed by atoms with Crippen molar-refractivity contribution in [3.63, 3.8) is 0 Å². The summed E-state index contributed by atoms with van der Waals surface area (Å²) in [6.45, 7) is 0.422. The number of benzene rings is 2. The van der Waals surface area contributed by atoms with Crippen molar-refractivity contribution in [3.8, 4) is 11.5 Å². The van der Waals surface area contributed by atoms with Gasteiger partial charge in [-0.05, 0) is 17.7 Å². The largest absolute Gasteiger partial charge is 0.493 e. The van der Waals surface area contributed by atoms with Crippen molar-refractivity contribution in [2.45, 2.75) is 6.61 Å². The summed E-state index contributed by atoms with van der Waals surface area (Å²) in [5.41, 5.74) is 1.53. The van der Waals surface area contributed by atoms with Gasteiger partial charge in [-0.15, -0.1) is 0 Å². The van der Waals surface area contributed by atoms with Gasteiger partial charge in [0, 0.05) is 6.07 Å². The Balaban J connectivity index is 2.18. The van der Waals surface area contributed by atoms with Crippen molar-refractivity contribution in [1.82, 2.24) is 0 Å². The summed E-state index contributed by atoms with van der Waals surface area (Å²) >= 11 is 0. The zero-order valence-corrected chi connectivity index (χ0v) is 10.5. The second-order valence-corrected chi connectivity index (χ2v) is 3.81. The van der Waals surface area contributed by atoms with Crippen LogP contribution in [0.25, 0.3) is 0 Å². The number of hydrogen-bond donors (Lipinski definition) is 0. The lowest BCUT2D eigenvalue weighted by atomic mass is 10.2. The number of aliphatic imine (C=N–C) groups is 1. The quantitative estimate of drug-likeness (QED) is 0.608. The molecule has 4 heteroatoms. The summed E-state index contributed by atoms with van der Waals surface area (Å²) in [5.74, 6) is 1.14. The molecule has 0 fully saturated rings. The molecule has 0 saturated carbocycles. The lowest BCUT2D eigenvalue weighted by Crippen LogP contribution is -1.97. The van der Waals surface area contributed by atoms with Crippen LogP contribution in [0.2, 0.25) is 0 Å². The minimum absolute atomic E-state index is 0.422. The van der Waals surface area contributed by atoms with E-state index in [1.54, 1.807) is 25.3 Å². The fourth-order valence-corrected chi connectivity index (χ4v) is 1.64. The van der Waals surface area contributed by atoms with Crippen molar-refractivity contribution in [3.05, 3.63) is 54.1 Å². The van der Waals surface area contributed by atoms with Crippen LogP contribution in [0.4, 0.5) is 5.69 Å². The average molecular weight is 255 g/mol. The van der Waals surface area contributed by atoms with E-state index in [0.29, 0.717) is 23.8 Å². The molecule has 0 N–H and O–H groups in total. The highest BCUT2D eigenvalue weighted by molar-refractivity contribution is 5.55. The average Bonchev–Trinajstić information content (AvgIpc) is 2.47. The van der Waals surface area contributed by atoms with Crippen LogP contribution in [0.15, 0.2) is 53.5 Å². The first-order valence-electron chi connectivity index (χ1n) is 5.76. The molecular formula is C15H13NO3. The van der Waals surface area contributed by atoms with Gasteiger partial charge in [-0.1, -0.05) is 30.3 Å². The fraction of sp³-hybridized carbons (Fsp3) is 0.133. The van der Waals surface area contributed by atoms with Gasteiger partial charge in [0.25, 0.3) is 0 Å². The molecular weight excluding hydrogens is 242 g/mol.